The maximum absolute atomic E-state index is 12.9. The molecule has 0 spiro atoms. The van der Waals surface area contributed by atoms with Crippen molar-refractivity contribution < 1.29 is 9.53 Å². The van der Waals surface area contributed by atoms with Crippen molar-refractivity contribution in [2.75, 3.05) is 17.6 Å². The molecule has 1 N–H and O–H groups in total. The van der Waals surface area contributed by atoms with Gasteiger partial charge in [-0.2, -0.15) is 0 Å². The SMILES string of the molecule is O=C(Nc1c(Cl)cccc1Cl)N1CCSC1c1ccc(OCc2ccccc2)cc1. The van der Waals surface area contributed by atoms with Gasteiger partial charge < -0.3 is 15.0 Å². The predicted octanol–water partition coefficient (Wildman–Crippen LogP) is 6.85. The molecule has 4 rings (SSSR count). The molecule has 7 heteroatoms. The van der Waals surface area contributed by atoms with Gasteiger partial charge in [0, 0.05) is 12.3 Å². The molecule has 3 aromatic rings. The number of hydrogen-bond acceptors (Lipinski definition) is 3. The third kappa shape index (κ3) is 4.86. The lowest BCUT2D eigenvalue weighted by molar-refractivity contribution is 0.214. The molecule has 1 atom stereocenters. The van der Waals surface area contributed by atoms with Crippen LogP contribution in [-0.4, -0.2) is 23.2 Å². The molecule has 1 aliphatic heterocycles. The van der Waals surface area contributed by atoms with Gasteiger partial charge in [0.1, 0.15) is 17.7 Å². The lowest BCUT2D eigenvalue weighted by Crippen LogP contribution is -2.34. The summed E-state index contributed by atoms with van der Waals surface area (Å²) in [6.45, 7) is 1.17. The fourth-order valence-corrected chi connectivity index (χ4v) is 4.97. The monoisotopic (exact) mass is 458 g/mol. The first-order valence-corrected chi connectivity index (χ1v) is 11.3. The number of benzene rings is 3. The zero-order chi connectivity index (χ0) is 20.9. The summed E-state index contributed by atoms with van der Waals surface area (Å²) in [6.07, 6.45) is 0. The zero-order valence-corrected chi connectivity index (χ0v) is 18.4. The molecule has 2 amide bonds. The first-order chi connectivity index (χ1) is 14.6. The van der Waals surface area contributed by atoms with Crippen LogP contribution in [0.2, 0.25) is 10.0 Å². The number of nitrogens with one attached hydrogen (secondary N) is 1. The van der Waals surface area contributed by atoms with E-state index in [2.05, 4.69) is 5.32 Å². The minimum absolute atomic E-state index is 0.0746. The minimum atomic E-state index is -0.218. The quantitative estimate of drug-likeness (QED) is 0.454. The maximum Gasteiger partial charge on any atom is 0.323 e. The number of amides is 2. The molecule has 0 radical (unpaired) electrons. The van der Waals surface area contributed by atoms with E-state index < -0.39 is 0 Å². The van der Waals surface area contributed by atoms with Gasteiger partial charge in [-0.05, 0) is 35.4 Å². The smallest absolute Gasteiger partial charge is 0.323 e. The third-order valence-electron chi connectivity index (χ3n) is 4.76. The normalized spacial score (nSPS) is 15.8. The third-order valence-corrected chi connectivity index (χ3v) is 6.65. The first kappa shape index (κ1) is 20.9. The highest BCUT2D eigenvalue weighted by molar-refractivity contribution is 7.99. The van der Waals surface area contributed by atoms with Gasteiger partial charge >= 0.3 is 6.03 Å². The number of ether oxygens (including phenoxy) is 1. The van der Waals surface area contributed by atoms with Gasteiger partial charge in [0.05, 0.1) is 15.7 Å². The summed E-state index contributed by atoms with van der Waals surface area (Å²) in [7, 11) is 0. The van der Waals surface area contributed by atoms with Crippen LogP contribution in [0.4, 0.5) is 10.5 Å². The van der Waals surface area contributed by atoms with E-state index in [0.717, 1.165) is 22.6 Å². The van der Waals surface area contributed by atoms with Crippen LogP contribution in [0.15, 0.2) is 72.8 Å². The van der Waals surface area contributed by atoms with Crippen LogP contribution in [0, 0.1) is 0 Å². The van der Waals surface area contributed by atoms with Crippen LogP contribution in [0.3, 0.4) is 0 Å². The molecule has 1 aliphatic rings. The Morgan fingerprint density at radius 3 is 2.40 bits per heavy atom. The minimum Gasteiger partial charge on any atom is -0.489 e. The van der Waals surface area contributed by atoms with E-state index in [9.17, 15) is 4.79 Å². The van der Waals surface area contributed by atoms with E-state index in [-0.39, 0.29) is 11.4 Å². The average Bonchev–Trinajstić information content (AvgIpc) is 3.26. The Kier molecular flexibility index (Phi) is 6.72. The number of carbonyl (C=O) groups is 1. The molecule has 0 aromatic heterocycles. The zero-order valence-electron chi connectivity index (χ0n) is 16.1. The summed E-state index contributed by atoms with van der Waals surface area (Å²) in [4.78, 5) is 14.7. The highest BCUT2D eigenvalue weighted by Crippen LogP contribution is 2.39. The topological polar surface area (TPSA) is 41.6 Å². The molecule has 1 heterocycles. The van der Waals surface area contributed by atoms with Crippen LogP contribution in [-0.2, 0) is 6.61 Å². The Morgan fingerprint density at radius 1 is 1.00 bits per heavy atom. The van der Waals surface area contributed by atoms with E-state index in [1.807, 2.05) is 54.6 Å². The van der Waals surface area contributed by atoms with Gasteiger partial charge in [0.25, 0.3) is 0 Å². The number of para-hydroxylation sites is 1. The van der Waals surface area contributed by atoms with Gasteiger partial charge in [0.15, 0.2) is 0 Å². The number of halogens is 2. The molecule has 30 heavy (non-hydrogen) atoms. The number of anilines is 1. The second kappa shape index (κ2) is 9.65. The maximum atomic E-state index is 12.9. The molecule has 1 saturated heterocycles. The molecule has 0 bridgehead atoms. The molecule has 1 fully saturated rings. The van der Waals surface area contributed by atoms with E-state index in [1.165, 1.54) is 0 Å². The van der Waals surface area contributed by atoms with Crippen molar-refractivity contribution in [2.45, 2.75) is 12.0 Å². The fraction of sp³-hybridized carbons (Fsp3) is 0.174. The number of nitrogens with zero attached hydrogens (tertiary/aromatic N) is 1. The highest BCUT2D eigenvalue weighted by atomic mass is 35.5. The molecular formula is C23H20Cl2N2O2S. The first-order valence-electron chi connectivity index (χ1n) is 9.52. The van der Waals surface area contributed by atoms with Crippen molar-refractivity contribution in [1.29, 1.82) is 0 Å². The molecule has 4 nitrogen and oxygen atoms in total. The number of urea groups is 1. The van der Waals surface area contributed by atoms with Gasteiger partial charge in [-0.3, -0.25) is 0 Å². The van der Waals surface area contributed by atoms with Crippen molar-refractivity contribution in [3.8, 4) is 5.75 Å². The summed E-state index contributed by atoms with van der Waals surface area (Å²) in [5.41, 5.74) is 2.60. The average molecular weight is 459 g/mol. The van der Waals surface area contributed by atoms with E-state index in [0.29, 0.717) is 28.9 Å². The summed E-state index contributed by atoms with van der Waals surface area (Å²) < 4.78 is 5.86. The van der Waals surface area contributed by atoms with Crippen LogP contribution in [0.1, 0.15) is 16.5 Å². The second-order valence-electron chi connectivity index (χ2n) is 6.79. The molecule has 3 aromatic carbocycles. The van der Waals surface area contributed by atoms with Crippen molar-refractivity contribution >= 4 is 46.7 Å². The lowest BCUT2D eigenvalue weighted by Gasteiger charge is -2.25. The van der Waals surface area contributed by atoms with Crippen LogP contribution in [0.5, 0.6) is 5.75 Å². The predicted molar refractivity (Wildman–Crippen MR) is 125 cm³/mol. The lowest BCUT2D eigenvalue weighted by atomic mass is 10.2. The summed E-state index contributed by atoms with van der Waals surface area (Å²) >= 11 is 14.1. The van der Waals surface area contributed by atoms with Crippen molar-refractivity contribution in [3.63, 3.8) is 0 Å². The molecule has 154 valence electrons. The number of rotatable bonds is 5. The molecular weight excluding hydrogens is 439 g/mol. The van der Waals surface area contributed by atoms with Crippen LogP contribution >= 0.6 is 35.0 Å². The number of hydrogen-bond donors (Lipinski definition) is 1. The van der Waals surface area contributed by atoms with Crippen LogP contribution < -0.4 is 10.1 Å². The highest BCUT2D eigenvalue weighted by Gasteiger charge is 2.31. The molecule has 0 aliphatic carbocycles. The molecule has 1 unspecified atom stereocenters. The Bertz CT molecular complexity index is 995. The van der Waals surface area contributed by atoms with Gasteiger partial charge in [-0.15, -0.1) is 11.8 Å². The Morgan fingerprint density at radius 2 is 1.70 bits per heavy atom. The van der Waals surface area contributed by atoms with Crippen molar-refractivity contribution in [1.82, 2.24) is 4.90 Å². The second-order valence-corrected chi connectivity index (χ2v) is 8.79. The van der Waals surface area contributed by atoms with Gasteiger partial charge in [0.2, 0.25) is 0 Å². The van der Waals surface area contributed by atoms with E-state index >= 15 is 0 Å². The van der Waals surface area contributed by atoms with Crippen LogP contribution in [0.25, 0.3) is 0 Å². The number of carbonyl (C=O) groups excluding carboxylic acids is 1. The fourth-order valence-electron chi connectivity index (χ4n) is 3.22. The Labute approximate surface area is 190 Å². The van der Waals surface area contributed by atoms with E-state index in [1.54, 1.807) is 34.9 Å². The van der Waals surface area contributed by atoms with E-state index in [4.69, 9.17) is 27.9 Å². The summed E-state index contributed by atoms with van der Waals surface area (Å²) in [5, 5.41) is 3.61. The number of thioether (sulfide) groups is 1. The van der Waals surface area contributed by atoms with Crippen molar-refractivity contribution in [2.24, 2.45) is 0 Å². The van der Waals surface area contributed by atoms with Gasteiger partial charge in [-0.1, -0.05) is 71.7 Å². The Balaban J connectivity index is 1.42. The Hall–Kier alpha value is -2.34. The molecule has 0 saturated carbocycles. The van der Waals surface area contributed by atoms with Crippen molar-refractivity contribution in [3.05, 3.63) is 94.0 Å². The summed E-state index contributed by atoms with van der Waals surface area (Å²) in [5.74, 6) is 1.66. The standard InChI is InChI=1S/C23H20Cl2N2O2S/c24-19-7-4-8-20(25)21(19)26-23(28)27-13-14-30-22(27)17-9-11-18(12-10-17)29-15-16-5-2-1-3-6-16/h1-12,22H,13-15H2,(H,26,28). The largest absolute Gasteiger partial charge is 0.489 e. The summed E-state index contributed by atoms with van der Waals surface area (Å²) in [6, 6.07) is 22.9. The van der Waals surface area contributed by atoms with Gasteiger partial charge in [-0.25, -0.2) is 4.79 Å².